The van der Waals surface area contributed by atoms with Crippen LogP contribution in [-0.4, -0.2) is 46.6 Å². The van der Waals surface area contributed by atoms with E-state index in [1.54, 1.807) is 24.3 Å². The average molecular weight is 293 g/mol. The van der Waals surface area contributed by atoms with E-state index in [4.69, 9.17) is 18.0 Å². The van der Waals surface area contributed by atoms with Crippen LogP contribution in [0.5, 0.6) is 0 Å². The van der Waals surface area contributed by atoms with E-state index < -0.39 is 0 Å². The third-order valence-electron chi connectivity index (χ3n) is 3.28. The molecule has 1 atom stereocenters. The van der Waals surface area contributed by atoms with Crippen molar-refractivity contribution in [1.29, 1.82) is 0 Å². The molecule has 0 radical (unpaired) electrons. The Kier molecular flexibility index (Phi) is 5.05. The fraction of sp³-hybridized carbons (Fsp3) is 0.429. The molecule has 1 unspecified atom stereocenters. The maximum absolute atomic E-state index is 12.0. The van der Waals surface area contributed by atoms with Crippen molar-refractivity contribution < 1.29 is 9.90 Å². The zero-order chi connectivity index (χ0) is 14.5. The number of carbonyl (C=O) groups excluding carboxylic acids is 1. The average Bonchev–Trinajstić information content (AvgIpc) is 2.38. The fourth-order valence-corrected chi connectivity index (χ4v) is 2.46. The number of carbonyl (C=O) groups is 1. The van der Waals surface area contributed by atoms with Crippen molar-refractivity contribution in [3.8, 4) is 0 Å². The smallest absolute Gasteiger partial charge is 0.238 e. The van der Waals surface area contributed by atoms with Gasteiger partial charge in [-0.15, -0.1) is 0 Å². The van der Waals surface area contributed by atoms with E-state index in [1.807, 2.05) is 4.90 Å². The highest BCUT2D eigenvalue weighted by Crippen LogP contribution is 2.12. The number of nitrogens with zero attached hydrogens (tertiary/aromatic N) is 1. The van der Waals surface area contributed by atoms with Crippen molar-refractivity contribution in [3.05, 3.63) is 29.8 Å². The predicted molar refractivity (Wildman–Crippen MR) is 82.6 cm³/mol. The lowest BCUT2D eigenvalue weighted by Crippen LogP contribution is -2.42. The van der Waals surface area contributed by atoms with E-state index in [0.717, 1.165) is 24.9 Å². The summed E-state index contributed by atoms with van der Waals surface area (Å²) in [4.78, 5) is 14.2. The normalized spacial score (nSPS) is 19.6. The second-order valence-corrected chi connectivity index (χ2v) is 5.46. The fourth-order valence-electron chi connectivity index (χ4n) is 2.33. The quantitative estimate of drug-likeness (QED) is 0.713. The predicted octanol–water partition coefficient (Wildman–Crippen LogP) is 0.716. The Bertz CT molecular complexity index is 507. The van der Waals surface area contributed by atoms with Crippen LogP contribution in [0.4, 0.5) is 5.69 Å². The largest absolute Gasteiger partial charge is 0.392 e. The minimum Gasteiger partial charge on any atom is -0.392 e. The molecular weight excluding hydrogens is 274 g/mol. The molecule has 108 valence electrons. The van der Waals surface area contributed by atoms with Crippen molar-refractivity contribution in [2.75, 3.05) is 25.0 Å². The molecule has 0 aromatic heterocycles. The lowest BCUT2D eigenvalue weighted by atomic mass is 10.1. The Morgan fingerprint density at radius 1 is 1.55 bits per heavy atom. The van der Waals surface area contributed by atoms with Gasteiger partial charge in [0.2, 0.25) is 5.91 Å². The summed E-state index contributed by atoms with van der Waals surface area (Å²) in [6, 6.07) is 7.16. The first kappa shape index (κ1) is 14.9. The number of likely N-dealkylation sites (tertiary alicyclic amines) is 1. The standard InChI is InChI=1S/C14H19N3O2S/c15-14(20)10-3-1-4-11(7-10)16-13(19)9-17-6-2-5-12(18)8-17/h1,3-4,7,12,18H,2,5-6,8-9H2,(H2,15,20)(H,16,19). The van der Waals surface area contributed by atoms with Gasteiger partial charge in [-0.3, -0.25) is 9.69 Å². The number of thiocarbonyl (C=S) groups is 1. The molecule has 1 fully saturated rings. The third-order valence-corrected chi connectivity index (χ3v) is 3.51. The van der Waals surface area contributed by atoms with Crippen LogP contribution >= 0.6 is 12.2 Å². The molecule has 1 aromatic carbocycles. The van der Waals surface area contributed by atoms with Crippen molar-refractivity contribution in [3.63, 3.8) is 0 Å². The molecule has 0 spiro atoms. The molecular formula is C14H19N3O2S. The highest BCUT2D eigenvalue weighted by molar-refractivity contribution is 7.80. The zero-order valence-electron chi connectivity index (χ0n) is 11.2. The lowest BCUT2D eigenvalue weighted by Gasteiger charge is -2.29. The molecule has 2 rings (SSSR count). The van der Waals surface area contributed by atoms with E-state index in [0.29, 0.717) is 17.2 Å². The van der Waals surface area contributed by atoms with Crippen LogP contribution in [0.25, 0.3) is 0 Å². The van der Waals surface area contributed by atoms with Crippen molar-refractivity contribution in [1.82, 2.24) is 4.90 Å². The maximum Gasteiger partial charge on any atom is 0.238 e. The van der Waals surface area contributed by atoms with E-state index >= 15 is 0 Å². The van der Waals surface area contributed by atoms with Crippen molar-refractivity contribution in [2.24, 2.45) is 5.73 Å². The summed E-state index contributed by atoms with van der Waals surface area (Å²) in [5.74, 6) is -0.0980. The number of piperidine rings is 1. The van der Waals surface area contributed by atoms with Gasteiger partial charge in [0.25, 0.3) is 0 Å². The molecule has 1 heterocycles. The summed E-state index contributed by atoms with van der Waals surface area (Å²) in [6.45, 7) is 1.69. The molecule has 20 heavy (non-hydrogen) atoms. The molecule has 5 nitrogen and oxygen atoms in total. The third kappa shape index (κ3) is 4.26. The van der Waals surface area contributed by atoms with Gasteiger partial charge in [0.05, 0.1) is 12.6 Å². The number of rotatable bonds is 4. The summed E-state index contributed by atoms with van der Waals surface area (Å²) in [5, 5.41) is 12.4. The molecule has 1 aromatic rings. The van der Waals surface area contributed by atoms with E-state index in [1.165, 1.54) is 0 Å². The van der Waals surface area contributed by atoms with Crippen LogP contribution in [0.15, 0.2) is 24.3 Å². The first-order valence-electron chi connectivity index (χ1n) is 6.65. The van der Waals surface area contributed by atoms with Gasteiger partial charge in [0.1, 0.15) is 4.99 Å². The van der Waals surface area contributed by atoms with Gasteiger partial charge in [0, 0.05) is 17.8 Å². The summed E-state index contributed by atoms with van der Waals surface area (Å²) < 4.78 is 0. The number of aliphatic hydroxyl groups excluding tert-OH is 1. The van der Waals surface area contributed by atoms with Gasteiger partial charge >= 0.3 is 0 Å². The summed E-state index contributed by atoms with van der Waals surface area (Å²) >= 11 is 4.91. The number of anilines is 1. The van der Waals surface area contributed by atoms with Gasteiger partial charge in [-0.1, -0.05) is 24.4 Å². The highest BCUT2D eigenvalue weighted by atomic mass is 32.1. The van der Waals surface area contributed by atoms with Gasteiger partial charge in [-0.2, -0.15) is 0 Å². The number of β-amino-alcohol motifs (C(OH)–C–C–N with tert-alkyl or cyclic N) is 1. The zero-order valence-corrected chi connectivity index (χ0v) is 12.0. The summed E-state index contributed by atoms with van der Waals surface area (Å²) in [6.07, 6.45) is 1.41. The Hall–Kier alpha value is -1.50. The topological polar surface area (TPSA) is 78.6 Å². The van der Waals surface area contributed by atoms with Gasteiger partial charge in [-0.05, 0) is 31.5 Å². The van der Waals surface area contributed by atoms with Crippen LogP contribution in [0.2, 0.25) is 0 Å². The van der Waals surface area contributed by atoms with Crippen LogP contribution in [0, 0.1) is 0 Å². The second kappa shape index (κ2) is 6.78. The lowest BCUT2D eigenvalue weighted by molar-refractivity contribution is -0.118. The number of benzene rings is 1. The SMILES string of the molecule is NC(=S)c1cccc(NC(=O)CN2CCCC(O)C2)c1. The number of hydrogen-bond acceptors (Lipinski definition) is 4. The number of aliphatic hydroxyl groups is 1. The van der Waals surface area contributed by atoms with E-state index in [2.05, 4.69) is 5.32 Å². The molecule has 1 amide bonds. The minimum absolute atomic E-state index is 0.0980. The number of amides is 1. The first-order chi connectivity index (χ1) is 9.54. The Labute approximate surface area is 123 Å². The first-order valence-corrected chi connectivity index (χ1v) is 7.05. The van der Waals surface area contributed by atoms with Crippen LogP contribution < -0.4 is 11.1 Å². The molecule has 0 aliphatic carbocycles. The van der Waals surface area contributed by atoms with Gasteiger partial charge < -0.3 is 16.2 Å². The Balaban J connectivity index is 1.91. The molecule has 4 N–H and O–H groups in total. The monoisotopic (exact) mass is 293 g/mol. The molecule has 1 aliphatic heterocycles. The van der Waals surface area contributed by atoms with Crippen LogP contribution in [0.3, 0.4) is 0 Å². The van der Waals surface area contributed by atoms with Gasteiger partial charge in [-0.25, -0.2) is 0 Å². The molecule has 1 saturated heterocycles. The Morgan fingerprint density at radius 2 is 2.35 bits per heavy atom. The number of hydrogen-bond donors (Lipinski definition) is 3. The number of nitrogens with one attached hydrogen (secondary N) is 1. The maximum atomic E-state index is 12.0. The molecule has 0 bridgehead atoms. The number of nitrogens with two attached hydrogens (primary N) is 1. The van der Waals surface area contributed by atoms with Gasteiger partial charge in [0.15, 0.2) is 0 Å². The second-order valence-electron chi connectivity index (χ2n) is 5.02. The van der Waals surface area contributed by atoms with Crippen molar-refractivity contribution >= 4 is 28.8 Å². The highest BCUT2D eigenvalue weighted by Gasteiger charge is 2.19. The molecule has 1 aliphatic rings. The summed E-state index contributed by atoms with van der Waals surface area (Å²) in [5.41, 5.74) is 6.97. The summed E-state index contributed by atoms with van der Waals surface area (Å²) in [7, 11) is 0. The van der Waals surface area contributed by atoms with Crippen molar-refractivity contribution in [2.45, 2.75) is 18.9 Å². The van der Waals surface area contributed by atoms with E-state index in [9.17, 15) is 9.90 Å². The molecule has 0 saturated carbocycles. The van der Waals surface area contributed by atoms with Crippen LogP contribution in [-0.2, 0) is 4.79 Å². The molecule has 6 heteroatoms. The minimum atomic E-state index is -0.325. The van der Waals surface area contributed by atoms with Crippen LogP contribution in [0.1, 0.15) is 18.4 Å². The Morgan fingerprint density at radius 3 is 3.05 bits per heavy atom. The van der Waals surface area contributed by atoms with E-state index in [-0.39, 0.29) is 18.6 Å².